The van der Waals surface area contributed by atoms with Crippen LogP contribution in [0.15, 0.2) is 24.3 Å². The van der Waals surface area contributed by atoms with Gasteiger partial charge in [0.2, 0.25) is 11.8 Å². The smallest absolute Gasteiger partial charge is 0.356 e. The quantitative estimate of drug-likeness (QED) is 0.565. The Morgan fingerprint density at radius 1 is 1.27 bits per heavy atom. The average Bonchev–Trinajstić information content (AvgIpc) is 3.08. The lowest BCUT2D eigenvalue weighted by atomic mass is 10.1. The van der Waals surface area contributed by atoms with Crippen molar-refractivity contribution in [2.75, 3.05) is 38.7 Å². The summed E-state index contributed by atoms with van der Waals surface area (Å²) in [5.41, 5.74) is 1.11. The molecule has 0 spiro atoms. The second-order valence-corrected chi connectivity index (χ2v) is 6.75. The van der Waals surface area contributed by atoms with Crippen molar-refractivity contribution in [2.24, 2.45) is 0 Å². The number of esters is 2. The van der Waals surface area contributed by atoms with E-state index in [4.69, 9.17) is 9.47 Å². The van der Waals surface area contributed by atoms with Gasteiger partial charge in [0.15, 0.2) is 0 Å². The number of H-pyrrole nitrogens is 1. The van der Waals surface area contributed by atoms with E-state index in [2.05, 4.69) is 15.6 Å². The second kappa shape index (κ2) is 9.40. The molecule has 10 nitrogen and oxygen atoms in total. The first-order chi connectivity index (χ1) is 14.4. The molecule has 2 aromatic rings. The molecule has 3 rings (SSSR count). The number of piperazine rings is 1. The van der Waals surface area contributed by atoms with Crippen LogP contribution in [0, 0.1) is 0 Å². The van der Waals surface area contributed by atoms with Gasteiger partial charge in [0, 0.05) is 24.0 Å². The molecule has 1 aromatic carbocycles. The standard InChI is InChI=1S/C20H24N4O6/c1-3-30-16(26)10-14-19(27)21-8-9-24(14)11-15(25)23-17-12-6-4-5-7-13(12)22-18(17)20(28)29-2/h4-7,14,22H,3,8-11H2,1-2H3,(H,21,27)(H,23,25)/t14-/m1/s1. The molecule has 30 heavy (non-hydrogen) atoms. The van der Waals surface area contributed by atoms with Crippen molar-refractivity contribution in [2.45, 2.75) is 19.4 Å². The van der Waals surface area contributed by atoms with E-state index in [0.717, 1.165) is 0 Å². The minimum Gasteiger partial charge on any atom is -0.466 e. The summed E-state index contributed by atoms with van der Waals surface area (Å²) in [4.78, 5) is 53.6. The second-order valence-electron chi connectivity index (χ2n) is 6.75. The minimum absolute atomic E-state index is 0.127. The Balaban J connectivity index is 1.78. The molecule has 0 bridgehead atoms. The van der Waals surface area contributed by atoms with Crippen LogP contribution in [0.2, 0.25) is 0 Å². The van der Waals surface area contributed by atoms with Gasteiger partial charge < -0.3 is 25.1 Å². The molecule has 0 aliphatic carbocycles. The zero-order valence-electron chi connectivity index (χ0n) is 16.8. The number of carbonyl (C=O) groups is 4. The number of methoxy groups -OCH3 is 1. The van der Waals surface area contributed by atoms with E-state index in [1.165, 1.54) is 7.11 Å². The van der Waals surface area contributed by atoms with Crippen molar-refractivity contribution in [1.82, 2.24) is 15.2 Å². The number of aromatic amines is 1. The average molecular weight is 416 g/mol. The predicted molar refractivity (Wildman–Crippen MR) is 108 cm³/mol. The minimum atomic E-state index is -0.799. The van der Waals surface area contributed by atoms with Crippen LogP contribution in [-0.4, -0.2) is 73.0 Å². The molecule has 0 saturated carbocycles. The topological polar surface area (TPSA) is 130 Å². The molecule has 1 atom stereocenters. The lowest BCUT2D eigenvalue weighted by molar-refractivity contribution is -0.148. The van der Waals surface area contributed by atoms with Crippen molar-refractivity contribution in [1.29, 1.82) is 0 Å². The van der Waals surface area contributed by atoms with Gasteiger partial charge in [-0.25, -0.2) is 4.79 Å². The number of anilines is 1. The number of hydrogen-bond donors (Lipinski definition) is 3. The Hall–Kier alpha value is -3.40. The summed E-state index contributed by atoms with van der Waals surface area (Å²) in [5.74, 6) is -1.87. The number of aromatic nitrogens is 1. The lowest BCUT2D eigenvalue weighted by Crippen LogP contribution is -2.57. The number of hydrogen-bond acceptors (Lipinski definition) is 7. The van der Waals surface area contributed by atoms with Gasteiger partial charge in [-0.2, -0.15) is 0 Å². The normalized spacial score (nSPS) is 16.7. The molecule has 2 amide bonds. The van der Waals surface area contributed by atoms with E-state index in [9.17, 15) is 19.2 Å². The van der Waals surface area contributed by atoms with Crippen molar-refractivity contribution in [3.05, 3.63) is 30.0 Å². The Kier molecular flexibility index (Phi) is 6.68. The molecule has 1 aliphatic heterocycles. The number of benzene rings is 1. The van der Waals surface area contributed by atoms with Crippen LogP contribution in [0.25, 0.3) is 10.9 Å². The van der Waals surface area contributed by atoms with E-state index < -0.39 is 23.9 Å². The molecule has 3 N–H and O–H groups in total. The number of rotatable bonds is 7. The molecule has 10 heteroatoms. The first kappa shape index (κ1) is 21.3. The maximum absolute atomic E-state index is 12.8. The Morgan fingerprint density at radius 2 is 2.03 bits per heavy atom. The number of amides is 2. The summed E-state index contributed by atoms with van der Waals surface area (Å²) < 4.78 is 9.73. The molecule has 1 fully saturated rings. The van der Waals surface area contributed by atoms with Crippen LogP contribution >= 0.6 is 0 Å². The number of fused-ring (bicyclic) bond motifs is 1. The summed E-state index contributed by atoms with van der Waals surface area (Å²) in [6, 6.07) is 6.34. The highest BCUT2D eigenvalue weighted by molar-refractivity contribution is 6.11. The number of carbonyl (C=O) groups excluding carboxylic acids is 4. The molecule has 2 heterocycles. The molecule has 1 aromatic heterocycles. The van der Waals surface area contributed by atoms with Crippen LogP contribution in [0.4, 0.5) is 5.69 Å². The zero-order chi connectivity index (χ0) is 21.7. The van der Waals surface area contributed by atoms with E-state index in [1.54, 1.807) is 36.1 Å². The van der Waals surface area contributed by atoms with Crippen molar-refractivity contribution < 1.29 is 28.7 Å². The van der Waals surface area contributed by atoms with Gasteiger partial charge in [-0.3, -0.25) is 19.3 Å². The zero-order valence-corrected chi connectivity index (χ0v) is 16.8. The monoisotopic (exact) mass is 416 g/mol. The van der Waals surface area contributed by atoms with Gasteiger partial charge in [0.1, 0.15) is 11.7 Å². The molecular weight excluding hydrogens is 392 g/mol. The van der Waals surface area contributed by atoms with Crippen LogP contribution in [0.3, 0.4) is 0 Å². The van der Waals surface area contributed by atoms with Gasteiger partial charge in [0.25, 0.3) is 0 Å². The van der Waals surface area contributed by atoms with Gasteiger partial charge in [-0.15, -0.1) is 0 Å². The first-order valence-electron chi connectivity index (χ1n) is 9.60. The Bertz CT molecular complexity index is 969. The number of para-hydroxylation sites is 1. The summed E-state index contributed by atoms with van der Waals surface area (Å²) in [6.45, 7) is 2.54. The van der Waals surface area contributed by atoms with Crippen molar-refractivity contribution >= 4 is 40.3 Å². The van der Waals surface area contributed by atoms with Gasteiger partial charge >= 0.3 is 11.9 Å². The predicted octanol–water partition coefficient (Wildman–Crippen LogP) is 0.647. The fraction of sp³-hybridized carbons (Fsp3) is 0.400. The Morgan fingerprint density at radius 3 is 2.77 bits per heavy atom. The molecule has 160 valence electrons. The third kappa shape index (κ3) is 4.60. The van der Waals surface area contributed by atoms with E-state index in [-0.39, 0.29) is 31.2 Å². The first-order valence-corrected chi connectivity index (χ1v) is 9.60. The fourth-order valence-electron chi connectivity index (χ4n) is 3.44. The van der Waals surface area contributed by atoms with Crippen LogP contribution in [-0.2, 0) is 23.9 Å². The molecule has 1 aliphatic rings. The Labute approximate surface area is 172 Å². The SMILES string of the molecule is CCOC(=O)C[C@@H]1C(=O)NCCN1CC(=O)Nc1c(C(=O)OC)[nH]c2ccccc12. The highest BCUT2D eigenvalue weighted by Crippen LogP contribution is 2.28. The maximum atomic E-state index is 12.8. The number of nitrogens with zero attached hydrogens (tertiary/aromatic N) is 1. The molecule has 0 radical (unpaired) electrons. The maximum Gasteiger partial charge on any atom is 0.356 e. The summed E-state index contributed by atoms with van der Waals surface area (Å²) in [5, 5.41) is 6.11. The van der Waals surface area contributed by atoms with Crippen LogP contribution < -0.4 is 10.6 Å². The van der Waals surface area contributed by atoms with E-state index in [1.807, 2.05) is 0 Å². The van der Waals surface area contributed by atoms with Crippen molar-refractivity contribution in [3.8, 4) is 0 Å². The highest BCUT2D eigenvalue weighted by Gasteiger charge is 2.33. The fourth-order valence-corrected chi connectivity index (χ4v) is 3.44. The lowest BCUT2D eigenvalue weighted by Gasteiger charge is -2.33. The van der Waals surface area contributed by atoms with E-state index in [0.29, 0.717) is 29.7 Å². The van der Waals surface area contributed by atoms with Crippen LogP contribution in [0.1, 0.15) is 23.8 Å². The third-order valence-corrected chi connectivity index (χ3v) is 4.81. The summed E-state index contributed by atoms with van der Waals surface area (Å²) >= 11 is 0. The highest BCUT2D eigenvalue weighted by atomic mass is 16.5. The van der Waals surface area contributed by atoms with Gasteiger partial charge in [-0.05, 0) is 13.0 Å². The molecular formula is C20H24N4O6. The van der Waals surface area contributed by atoms with Crippen molar-refractivity contribution in [3.63, 3.8) is 0 Å². The largest absolute Gasteiger partial charge is 0.466 e. The summed E-state index contributed by atoms with van der Waals surface area (Å²) in [7, 11) is 1.26. The van der Waals surface area contributed by atoms with Crippen LogP contribution in [0.5, 0.6) is 0 Å². The van der Waals surface area contributed by atoms with Gasteiger partial charge in [-0.1, -0.05) is 18.2 Å². The number of nitrogens with one attached hydrogen (secondary N) is 3. The van der Waals surface area contributed by atoms with E-state index >= 15 is 0 Å². The third-order valence-electron chi connectivity index (χ3n) is 4.81. The van der Waals surface area contributed by atoms with Gasteiger partial charge in [0.05, 0.1) is 32.4 Å². The molecule has 1 saturated heterocycles. The molecule has 0 unspecified atom stereocenters. The number of ether oxygens (including phenoxy) is 2. The summed E-state index contributed by atoms with van der Waals surface area (Å²) in [6.07, 6.45) is -0.145.